The summed E-state index contributed by atoms with van der Waals surface area (Å²) in [4.78, 5) is 23.8. The van der Waals surface area contributed by atoms with Crippen LogP contribution in [0.15, 0.2) is 36.0 Å². The van der Waals surface area contributed by atoms with Gasteiger partial charge in [-0.3, -0.25) is 18.7 Å². The quantitative estimate of drug-likeness (QED) is 0.573. The third-order valence-corrected chi connectivity index (χ3v) is 5.85. The van der Waals surface area contributed by atoms with Crippen molar-refractivity contribution in [2.45, 2.75) is 67.2 Å². The summed E-state index contributed by atoms with van der Waals surface area (Å²) < 4.78 is 3.62. The van der Waals surface area contributed by atoms with Gasteiger partial charge in [0.05, 0.1) is 5.69 Å². The van der Waals surface area contributed by atoms with E-state index in [4.69, 9.17) is 0 Å². The van der Waals surface area contributed by atoms with Gasteiger partial charge in [-0.1, -0.05) is 55.4 Å². The highest BCUT2D eigenvalue weighted by atomic mass is 16.2. The van der Waals surface area contributed by atoms with E-state index in [0.29, 0.717) is 23.7 Å². The zero-order valence-corrected chi connectivity index (χ0v) is 19.5. The minimum atomic E-state index is 0.113. The summed E-state index contributed by atoms with van der Waals surface area (Å²) in [5.41, 5.74) is 6.54. The molecule has 0 bridgehead atoms. The Labute approximate surface area is 180 Å². The minimum absolute atomic E-state index is 0.113. The average molecular weight is 407 g/mol. The molecule has 0 radical (unpaired) electrons. The topological polar surface area (TPSA) is 44.0 Å². The van der Waals surface area contributed by atoms with Crippen molar-refractivity contribution in [3.63, 3.8) is 0 Å². The summed E-state index contributed by atoms with van der Waals surface area (Å²) in [5.74, 6) is 1.84. The fourth-order valence-corrected chi connectivity index (χ4v) is 3.99. The standard InChI is InChI=1S/2C13H17NO/c1-8(2)10-5-11-6-12(9(3)4)13(15)14(11)7-10;1-8(2)10-7-13(15)14-11(9(3)4)5-6-12(10)14/h2*5-9H,1-4H3. The molecule has 0 N–H and O–H groups in total. The van der Waals surface area contributed by atoms with Crippen LogP contribution in [0.25, 0.3) is 11.6 Å². The number of hydrogen-bond acceptors (Lipinski definition) is 2. The highest BCUT2D eigenvalue weighted by molar-refractivity contribution is 6.05. The molecule has 2 aromatic heterocycles. The molecule has 0 fully saturated rings. The van der Waals surface area contributed by atoms with Crippen LogP contribution in [0.2, 0.25) is 0 Å². The van der Waals surface area contributed by atoms with E-state index in [9.17, 15) is 9.59 Å². The molecule has 160 valence electrons. The Morgan fingerprint density at radius 1 is 0.733 bits per heavy atom. The maximum Gasteiger partial charge on any atom is 0.258 e. The van der Waals surface area contributed by atoms with Gasteiger partial charge in [0, 0.05) is 29.2 Å². The number of nitrogens with zero attached hydrogens (tertiary/aromatic N) is 2. The highest BCUT2D eigenvalue weighted by Crippen LogP contribution is 2.32. The van der Waals surface area contributed by atoms with Gasteiger partial charge in [-0.25, -0.2) is 0 Å². The normalized spacial score (nSPS) is 15.1. The van der Waals surface area contributed by atoms with E-state index in [1.54, 1.807) is 10.6 Å². The van der Waals surface area contributed by atoms with Crippen molar-refractivity contribution in [3.8, 4) is 0 Å². The van der Waals surface area contributed by atoms with Gasteiger partial charge in [0.2, 0.25) is 0 Å². The zero-order valence-electron chi connectivity index (χ0n) is 19.5. The second-order valence-electron chi connectivity index (χ2n) is 9.51. The third kappa shape index (κ3) is 3.88. The van der Waals surface area contributed by atoms with Crippen LogP contribution in [0, 0.1) is 11.8 Å². The van der Waals surface area contributed by atoms with E-state index in [1.807, 2.05) is 16.8 Å². The van der Waals surface area contributed by atoms with Crippen LogP contribution in [0.5, 0.6) is 0 Å². The molecular formula is C26H34N2O2. The Bertz CT molecular complexity index is 1040. The zero-order chi connectivity index (χ0) is 22.3. The molecule has 0 amide bonds. The summed E-state index contributed by atoms with van der Waals surface area (Å²) in [6.45, 7) is 16.9. The molecule has 4 heterocycles. The second-order valence-corrected chi connectivity index (χ2v) is 9.51. The average Bonchev–Trinajstić information content (AvgIpc) is 3.38. The Kier molecular flexibility index (Phi) is 6.07. The molecule has 0 saturated carbocycles. The Morgan fingerprint density at radius 2 is 1.37 bits per heavy atom. The van der Waals surface area contributed by atoms with Crippen LogP contribution in [-0.2, 0) is 0 Å². The summed E-state index contributed by atoms with van der Waals surface area (Å²) in [5, 5.41) is 0. The van der Waals surface area contributed by atoms with E-state index in [-0.39, 0.29) is 11.8 Å². The van der Waals surface area contributed by atoms with Crippen molar-refractivity contribution >= 4 is 23.5 Å². The number of aromatic nitrogens is 2. The van der Waals surface area contributed by atoms with E-state index in [2.05, 4.69) is 73.6 Å². The number of carbonyl (C=O) groups excluding carboxylic acids is 2. The minimum Gasteiger partial charge on any atom is -0.284 e. The maximum atomic E-state index is 12.0. The molecule has 4 nitrogen and oxygen atoms in total. The molecule has 4 rings (SSSR count). The van der Waals surface area contributed by atoms with E-state index >= 15 is 0 Å². The first-order valence-electron chi connectivity index (χ1n) is 11.0. The molecule has 0 unspecified atom stereocenters. The number of hydrogen-bond donors (Lipinski definition) is 0. The van der Waals surface area contributed by atoms with Crippen LogP contribution in [0.4, 0.5) is 0 Å². The Balaban J connectivity index is 0.000000171. The maximum absolute atomic E-state index is 12.0. The molecule has 0 atom stereocenters. The highest BCUT2D eigenvalue weighted by Gasteiger charge is 2.26. The first kappa shape index (κ1) is 22.1. The number of fused-ring (bicyclic) bond motifs is 2. The fraction of sp³-hybridized carbons (Fsp3) is 0.462. The molecule has 4 heteroatoms. The summed E-state index contributed by atoms with van der Waals surface area (Å²) in [6, 6.07) is 6.23. The lowest BCUT2D eigenvalue weighted by molar-refractivity contribution is 0.0949. The molecule has 0 aromatic carbocycles. The van der Waals surface area contributed by atoms with Gasteiger partial charge < -0.3 is 0 Å². The molecule has 2 aliphatic rings. The van der Waals surface area contributed by atoms with Gasteiger partial charge >= 0.3 is 0 Å². The molecule has 30 heavy (non-hydrogen) atoms. The van der Waals surface area contributed by atoms with Crippen molar-refractivity contribution in [3.05, 3.63) is 58.7 Å². The summed E-state index contributed by atoms with van der Waals surface area (Å²) >= 11 is 0. The Morgan fingerprint density at radius 3 is 1.87 bits per heavy atom. The van der Waals surface area contributed by atoms with Crippen LogP contribution < -0.4 is 0 Å². The van der Waals surface area contributed by atoms with Crippen molar-refractivity contribution in [1.82, 2.24) is 9.13 Å². The van der Waals surface area contributed by atoms with Crippen molar-refractivity contribution < 1.29 is 9.59 Å². The van der Waals surface area contributed by atoms with Gasteiger partial charge in [0.25, 0.3) is 11.8 Å². The lowest BCUT2D eigenvalue weighted by atomic mass is 10.0. The van der Waals surface area contributed by atoms with Crippen molar-refractivity contribution in [2.24, 2.45) is 11.8 Å². The van der Waals surface area contributed by atoms with Gasteiger partial charge in [-0.05, 0) is 59.1 Å². The first-order valence-corrected chi connectivity index (χ1v) is 11.0. The van der Waals surface area contributed by atoms with Crippen LogP contribution in [0.1, 0.15) is 99.5 Å². The number of rotatable bonds is 4. The van der Waals surface area contributed by atoms with Crippen LogP contribution >= 0.6 is 0 Å². The lowest BCUT2D eigenvalue weighted by Gasteiger charge is -2.09. The lowest BCUT2D eigenvalue weighted by Crippen LogP contribution is -2.11. The molecule has 0 spiro atoms. The van der Waals surface area contributed by atoms with Crippen molar-refractivity contribution in [1.29, 1.82) is 0 Å². The first-order chi connectivity index (χ1) is 14.0. The monoisotopic (exact) mass is 406 g/mol. The molecule has 0 saturated heterocycles. The largest absolute Gasteiger partial charge is 0.284 e. The molecule has 2 aliphatic heterocycles. The number of allylic oxidation sites excluding steroid dienone is 3. The molecular weight excluding hydrogens is 372 g/mol. The van der Waals surface area contributed by atoms with Gasteiger partial charge in [-0.15, -0.1) is 0 Å². The smallest absolute Gasteiger partial charge is 0.258 e. The van der Waals surface area contributed by atoms with Gasteiger partial charge in [0.15, 0.2) is 0 Å². The van der Waals surface area contributed by atoms with Gasteiger partial charge in [0.1, 0.15) is 0 Å². The number of carbonyl (C=O) groups is 2. The Hall–Kier alpha value is -2.62. The van der Waals surface area contributed by atoms with E-state index in [0.717, 1.165) is 28.2 Å². The van der Waals surface area contributed by atoms with Crippen LogP contribution in [0.3, 0.4) is 0 Å². The molecule has 0 aliphatic carbocycles. The second kappa shape index (κ2) is 8.25. The third-order valence-electron chi connectivity index (χ3n) is 5.85. The van der Waals surface area contributed by atoms with E-state index in [1.165, 1.54) is 5.56 Å². The predicted molar refractivity (Wildman–Crippen MR) is 124 cm³/mol. The van der Waals surface area contributed by atoms with Crippen LogP contribution in [-0.4, -0.2) is 20.9 Å². The fourth-order valence-electron chi connectivity index (χ4n) is 3.99. The van der Waals surface area contributed by atoms with E-state index < -0.39 is 0 Å². The SMILES string of the molecule is CC(C)C1=CC(=O)n2c1ccc2C(C)C.CC(C)C1=Cc2cc(C(C)C)cn2C1=O. The summed E-state index contributed by atoms with van der Waals surface area (Å²) in [6.07, 6.45) is 5.75. The molecule has 2 aromatic rings. The van der Waals surface area contributed by atoms with Gasteiger partial charge in [-0.2, -0.15) is 0 Å². The van der Waals surface area contributed by atoms with Crippen molar-refractivity contribution in [2.75, 3.05) is 0 Å². The summed E-state index contributed by atoms with van der Waals surface area (Å²) in [7, 11) is 0. The predicted octanol–water partition coefficient (Wildman–Crippen LogP) is 6.61.